The van der Waals surface area contributed by atoms with Crippen LogP contribution in [0.1, 0.15) is 50.2 Å². The Labute approximate surface area is 194 Å². The van der Waals surface area contributed by atoms with Crippen LogP contribution in [0.4, 0.5) is 0 Å². The number of benzene rings is 2. The lowest BCUT2D eigenvalue weighted by Gasteiger charge is -2.31. The van der Waals surface area contributed by atoms with E-state index in [9.17, 15) is 9.59 Å². The van der Waals surface area contributed by atoms with Gasteiger partial charge < -0.3 is 10.2 Å². The third-order valence-corrected chi connectivity index (χ3v) is 6.92. The van der Waals surface area contributed by atoms with Gasteiger partial charge in [0.25, 0.3) is 0 Å². The highest BCUT2D eigenvalue weighted by Crippen LogP contribution is 2.20. The van der Waals surface area contributed by atoms with Gasteiger partial charge in [0.2, 0.25) is 11.8 Å². The van der Waals surface area contributed by atoms with Crippen molar-refractivity contribution in [1.29, 1.82) is 0 Å². The second-order valence-electron chi connectivity index (χ2n) is 8.15. The van der Waals surface area contributed by atoms with Gasteiger partial charge in [0, 0.05) is 23.4 Å². The quantitative estimate of drug-likeness (QED) is 0.544. The Hall–Kier alpha value is -1.98. The van der Waals surface area contributed by atoms with Gasteiger partial charge in [-0.05, 0) is 43.0 Å². The van der Waals surface area contributed by atoms with Gasteiger partial charge >= 0.3 is 0 Å². The third-order valence-electron chi connectivity index (χ3n) is 5.70. The molecule has 1 aliphatic carbocycles. The first-order valence-electron chi connectivity index (χ1n) is 11.0. The molecule has 31 heavy (non-hydrogen) atoms. The van der Waals surface area contributed by atoms with Gasteiger partial charge in [0.15, 0.2) is 0 Å². The predicted octanol–water partition coefficient (Wildman–Crippen LogP) is 5.44. The SMILES string of the molecule is C[C@@H](C(=O)NC1CCCCC1)N(Cc1ccccc1)C(=O)CSCc1cccc(Cl)c1. The van der Waals surface area contributed by atoms with Crippen LogP contribution in [0.15, 0.2) is 54.6 Å². The fourth-order valence-electron chi connectivity index (χ4n) is 3.90. The fourth-order valence-corrected chi connectivity index (χ4v) is 4.97. The summed E-state index contributed by atoms with van der Waals surface area (Å²) in [5, 5.41) is 3.87. The standard InChI is InChI=1S/C25H31ClN2O2S/c1-19(25(30)27-23-13-6-3-7-14-23)28(16-20-9-4-2-5-10-20)24(29)18-31-17-21-11-8-12-22(26)15-21/h2,4-5,8-12,15,19,23H,3,6-7,13-14,16-18H2,1H3,(H,27,30)/t19-/m0/s1. The van der Waals surface area contributed by atoms with Gasteiger partial charge in [-0.2, -0.15) is 0 Å². The van der Waals surface area contributed by atoms with Crippen molar-refractivity contribution < 1.29 is 9.59 Å². The topological polar surface area (TPSA) is 49.4 Å². The molecule has 6 heteroatoms. The highest BCUT2D eigenvalue weighted by molar-refractivity contribution is 7.99. The van der Waals surface area contributed by atoms with Crippen LogP contribution in [0.3, 0.4) is 0 Å². The van der Waals surface area contributed by atoms with E-state index >= 15 is 0 Å². The van der Waals surface area contributed by atoms with Gasteiger partial charge in [-0.25, -0.2) is 0 Å². The largest absolute Gasteiger partial charge is 0.352 e. The number of hydrogen-bond acceptors (Lipinski definition) is 3. The molecular formula is C25H31ClN2O2S. The first-order chi connectivity index (χ1) is 15.0. The normalized spacial score (nSPS) is 15.3. The van der Waals surface area contributed by atoms with Crippen molar-refractivity contribution in [3.05, 3.63) is 70.7 Å². The molecule has 0 unspecified atom stereocenters. The van der Waals surface area contributed by atoms with Crippen molar-refractivity contribution in [3.8, 4) is 0 Å². The summed E-state index contributed by atoms with van der Waals surface area (Å²) in [6.07, 6.45) is 5.61. The number of halogens is 1. The molecule has 1 fully saturated rings. The molecule has 0 heterocycles. The third kappa shape index (κ3) is 7.58. The number of amides is 2. The Morgan fingerprint density at radius 2 is 1.77 bits per heavy atom. The summed E-state index contributed by atoms with van der Waals surface area (Å²) >= 11 is 7.60. The Bertz CT molecular complexity index is 856. The van der Waals surface area contributed by atoms with Crippen molar-refractivity contribution in [2.75, 3.05) is 5.75 Å². The maximum atomic E-state index is 13.1. The molecule has 1 N–H and O–H groups in total. The van der Waals surface area contributed by atoms with E-state index in [1.165, 1.54) is 6.42 Å². The van der Waals surface area contributed by atoms with Gasteiger partial charge in [-0.1, -0.05) is 73.3 Å². The Morgan fingerprint density at radius 1 is 1.06 bits per heavy atom. The number of thioether (sulfide) groups is 1. The summed E-state index contributed by atoms with van der Waals surface area (Å²) in [7, 11) is 0. The van der Waals surface area contributed by atoms with E-state index in [1.54, 1.807) is 16.7 Å². The van der Waals surface area contributed by atoms with E-state index in [2.05, 4.69) is 5.32 Å². The molecule has 0 aromatic heterocycles. The van der Waals surface area contributed by atoms with Crippen LogP contribution in [-0.4, -0.2) is 34.6 Å². The second kappa shape index (κ2) is 12.2. The van der Waals surface area contributed by atoms with Crippen molar-refractivity contribution in [2.45, 2.75) is 63.4 Å². The average Bonchev–Trinajstić information content (AvgIpc) is 2.78. The average molecular weight is 459 g/mol. The zero-order chi connectivity index (χ0) is 22.1. The molecule has 0 bridgehead atoms. The highest BCUT2D eigenvalue weighted by Gasteiger charge is 2.27. The van der Waals surface area contributed by atoms with Crippen LogP contribution in [-0.2, 0) is 21.9 Å². The van der Waals surface area contributed by atoms with E-state index in [4.69, 9.17) is 11.6 Å². The molecule has 1 aliphatic rings. The maximum Gasteiger partial charge on any atom is 0.242 e. The lowest BCUT2D eigenvalue weighted by atomic mass is 9.95. The molecule has 2 aromatic carbocycles. The van der Waals surface area contributed by atoms with Crippen molar-refractivity contribution >= 4 is 35.2 Å². The zero-order valence-corrected chi connectivity index (χ0v) is 19.6. The number of carbonyl (C=O) groups is 2. The Balaban J connectivity index is 1.62. The number of hydrogen-bond donors (Lipinski definition) is 1. The molecule has 4 nitrogen and oxygen atoms in total. The number of nitrogens with zero attached hydrogens (tertiary/aromatic N) is 1. The molecule has 1 atom stereocenters. The predicted molar refractivity (Wildman–Crippen MR) is 129 cm³/mol. The molecule has 1 saturated carbocycles. The molecular weight excluding hydrogens is 428 g/mol. The molecule has 0 spiro atoms. The van der Waals surface area contributed by atoms with Gasteiger partial charge in [0.05, 0.1) is 5.75 Å². The molecule has 0 aliphatic heterocycles. The van der Waals surface area contributed by atoms with E-state index in [-0.39, 0.29) is 17.9 Å². The van der Waals surface area contributed by atoms with Crippen LogP contribution in [0.5, 0.6) is 0 Å². The summed E-state index contributed by atoms with van der Waals surface area (Å²) < 4.78 is 0. The lowest BCUT2D eigenvalue weighted by Crippen LogP contribution is -2.50. The summed E-state index contributed by atoms with van der Waals surface area (Å²) in [4.78, 5) is 27.8. The minimum atomic E-state index is -0.513. The maximum absolute atomic E-state index is 13.1. The van der Waals surface area contributed by atoms with Gasteiger partial charge in [-0.3, -0.25) is 9.59 Å². The Morgan fingerprint density at radius 3 is 2.48 bits per heavy atom. The summed E-state index contributed by atoms with van der Waals surface area (Å²) in [5.74, 6) is 0.937. The van der Waals surface area contributed by atoms with Gasteiger partial charge in [0.1, 0.15) is 6.04 Å². The number of carbonyl (C=O) groups excluding carboxylic acids is 2. The monoisotopic (exact) mass is 458 g/mol. The molecule has 2 aromatic rings. The van der Waals surface area contributed by atoms with Crippen LogP contribution in [0.25, 0.3) is 0 Å². The first kappa shape index (κ1) is 23.7. The van der Waals surface area contributed by atoms with Crippen molar-refractivity contribution in [3.63, 3.8) is 0 Å². The number of nitrogens with one attached hydrogen (secondary N) is 1. The van der Waals surface area contributed by atoms with Crippen molar-refractivity contribution in [2.24, 2.45) is 0 Å². The van der Waals surface area contributed by atoms with Crippen LogP contribution < -0.4 is 5.32 Å². The smallest absolute Gasteiger partial charge is 0.242 e. The fraction of sp³-hybridized carbons (Fsp3) is 0.440. The molecule has 2 amide bonds. The molecule has 0 saturated heterocycles. The lowest BCUT2D eigenvalue weighted by molar-refractivity contribution is -0.139. The molecule has 0 radical (unpaired) electrons. The second-order valence-corrected chi connectivity index (χ2v) is 9.57. The minimum absolute atomic E-state index is 0.0258. The minimum Gasteiger partial charge on any atom is -0.352 e. The summed E-state index contributed by atoms with van der Waals surface area (Å²) in [6.45, 7) is 2.26. The summed E-state index contributed by atoms with van der Waals surface area (Å²) in [6, 6.07) is 17.3. The molecule has 3 rings (SSSR count). The van der Waals surface area contributed by atoms with Crippen LogP contribution in [0.2, 0.25) is 5.02 Å². The summed E-state index contributed by atoms with van der Waals surface area (Å²) in [5.41, 5.74) is 2.11. The first-order valence-corrected chi connectivity index (χ1v) is 12.5. The van der Waals surface area contributed by atoms with Crippen molar-refractivity contribution in [1.82, 2.24) is 10.2 Å². The molecule has 166 valence electrons. The van der Waals surface area contributed by atoms with Crippen LogP contribution in [0, 0.1) is 0 Å². The highest BCUT2D eigenvalue weighted by atomic mass is 35.5. The number of rotatable bonds is 9. The van der Waals surface area contributed by atoms with Gasteiger partial charge in [-0.15, -0.1) is 11.8 Å². The van der Waals surface area contributed by atoms with E-state index in [1.807, 2.05) is 61.5 Å². The van der Waals surface area contributed by atoms with E-state index in [0.29, 0.717) is 23.1 Å². The van der Waals surface area contributed by atoms with E-state index < -0.39 is 6.04 Å². The van der Waals surface area contributed by atoms with Crippen LogP contribution >= 0.6 is 23.4 Å². The zero-order valence-electron chi connectivity index (χ0n) is 18.1. The van der Waals surface area contributed by atoms with E-state index in [0.717, 1.165) is 36.8 Å². The Kier molecular flexibility index (Phi) is 9.29.